The number of carbonyl (C=O) groups excluding carboxylic acids is 2. The van der Waals surface area contributed by atoms with Crippen LogP contribution in [0, 0.1) is 5.92 Å². The highest BCUT2D eigenvalue weighted by Gasteiger charge is 2.28. The van der Waals surface area contributed by atoms with Crippen molar-refractivity contribution in [1.29, 1.82) is 0 Å². The first kappa shape index (κ1) is 18.3. The van der Waals surface area contributed by atoms with E-state index < -0.39 is 12.1 Å². The van der Waals surface area contributed by atoms with Crippen LogP contribution < -0.4 is 5.32 Å². The van der Waals surface area contributed by atoms with Gasteiger partial charge in [-0.3, -0.25) is 4.79 Å². The number of benzene rings is 1. The number of hydrogen-bond acceptors (Lipinski definition) is 4. The average Bonchev–Trinajstić information content (AvgIpc) is 2.60. The Kier molecular flexibility index (Phi) is 7.06. The Morgan fingerprint density at radius 2 is 1.88 bits per heavy atom. The summed E-state index contributed by atoms with van der Waals surface area (Å²) in [5, 5.41) is 2.72. The number of morpholine rings is 1. The number of carbonyl (C=O) groups is 2. The van der Waals surface area contributed by atoms with E-state index in [9.17, 15) is 9.59 Å². The Morgan fingerprint density at radius 3 is 2.50 bits per heavy atom. The van der Waals surface area contributed by atoms with Gasteiger partial charge >= 0.3 is 6.09 Å². The van der Waals surface area contributed by atoms with Crippen molar-refractivity contribution in [2.75, 3.05) is 26.3 Å². The molecular weight excluding hydrogens is 308 g/mol. The molecule has 6 nitrogen and oxygen atoms in total. The van der Waals surface area contributed by atoms with Gasteiger partial charge < -0.3 is 19.7 Å². The Hall–Kier alpha value is -2.08. The molecule has 6 heteroatoms. The zero-order valence-electron chi connectivity index (χ0n) is 14.4. The number of nitrogens with zero attached hydrogens (tertiary/aromatic N) is 1. The third kappa shape index (κ3) is 5.85. The Labute approximate surface area is 143 Å². The molecule has 1 atom stereocenters. The summed E-state index contributed by atoms with van der Waals surface area (Å²) in [4.78, 5) is 26.5. The molecule has 1 saturated heterocycles. The van der Waals surface area contributed by atoms with E-state index in [1.165, 1.54) is 0 Å². The summed E-state index contributed by atoms with van der Waals surface area (Å²) < 4.78 is 10.5. The number of rotatable bonds is 6. The molecule has 0 spiro atoms. The minimum absolute atomic E-state index is 0.0661. The van der Waals surface area contributed by atoms with E-state index in [0.717, 1.165) is 5.56 Å². The molecule has 1 aliphatic rings. The van der Waals surface area contributed by atoms with Gasteiger partial charge in [-0.1, -0.05) is 44.2 Å². The van der Waals surface area contributed by atoms with Crippen LogP contribution in [-0.2, 0) is 20.9 Å². The van der Waals surface area contributed by atoms with E-state index in [1.807, 2.05) is 44.2 Å². The monoisotopic (exact) mass is 334 g/mol. The highest BCUT2D eigenvalue weighted by molar-refractivity contribution is 5.85. The fraction of sp³-hybridized carbons (Fsp3) is 0.556. The van der Waals surface area contributed by atoms with Crippen molar-refractivity contribution in [2.24, 2.45) is 5.92 Å². The SMILES string of the molecule is CC(C)C[C@H](NC(=O)OCc1ccccc1)C(=O)N1CCOCC1. The Balaban J connectivity index is 1.89. The van der Waals surface area contributed by atoms with Crippen molar-refractivity contribution in [3.8, 4) is 0 Å². The van der Waals surface area contributed by atoms with Gasteiger partial charge in [-0.25, -0.2) is 4.79 Å². The second-order valence-electron chi connectivity index (χ2n) is 6.33. The van der Waals surface area contributed by atoms with Gasteiger partial charge in [-0.15, -0.1) is 0 Å². The van der Waals surface area contributed by atoms with Crippen LogP contribution in [0.2, 0.25) is 0 Å². The first-order chi connectivity index (χ1) is 11.6. The first-order valence-corrected chi connectivity index (χ1v) is 8.40. The summed E-state index contributed by atoms with van der Waals surface area (Å²) in [6, 6.07) is 8.89. The molecule has 1 aromatic rings. The summed E-state index contributed by atoms with van der Waals surface area (Å²) in [5.74, 6) is 0.220. The van der Waals surface area contributed by atoms with Gasteiger partial charge in [-0.05, 0) is 17.9 Å². The quantitative estimate of drug-likeness (QED) is 0.866. The topological polar surface area (TPSA) is 67.9 Å². The lowest BCUT2D eigenvalue weighted by Crippen LogP contribution is -2.52. The maximum Gasteiger partial charge on any atom is 0.408 e. The molecule has 1 fully saturated rings. The normalized spacial score (nSPS) is 15.9. The van der Waals surface area contributed by atoms with E-state index in [0.29, 0.717) is 32.7 Å². The van der Waals surface area contributed by atoms with E-state index in [-0.39, 0.29) is 18.4 Å². The van der Waals surface area contributed by atoms with Crippen LogP contribution in [0.15, 0.2) is 30.3 Å². The van der Waals surface area contributed by atoms with Gasteiger partial charge in [0.25, 0.3) is 0 Å². The fourth-order valence-electron chi connectivity index (χ4n) is 2.60. The maximum absolute atomic E-state index is 12.6. The lowest BCUT2D eigenvalue weighted by molar-refractivity contribution is -0.137. The molecule has 2 amide bonds. The van der Waals surface area contributed by atoms with Crippen molar-refractivity contribution >= 4 is 12.0 Å². The largest absolute Gasteiger partial charge is 0.445 e. The zero-order valence-corrected chi connectivity index (χ0v) is 14.4. The highest BCUT2D eigenvalue weighted by atomic mass is 16.5. The van der Waals surface area contributed by atoms with Crippen LogP contribution in [0.3, 0.4) is 0 Å². The van der Waals surface area contributed by atoms with Crippen molar-refractivity contribution in [1.82, 2.24) is 10.2 Å². The van der Waals surface area contributed by atoms with Crippen molar-refractivity contribution < 1.29 is 19.1 Å². The molecule has 1 aliphatic heterocycles. The molecule has 0 bridgehead atoms. The fourth-order valence-corrected chi connectivity index (χ4v) is 2.60. The molecule has 1 aromatic carbocycles. The minimum Gasteiger partial charge on any atom is -0.445 e. The molecule has 0 saturated carbocycles. The van der Waals surface area contributed by atoms with Crippen LogP contribution in [0.5, 0.6) is 0 Å². The van der Waals surface area contributed by atoms with Crippen molar-refractivity contribution in [2.45, 2.75) is 32.9 Å². The maximum atomic E-state index is 12.6. The van der Waals surface area contributed by atoms with Crippen LogP contribution >= 0.6 is 0 Å². The van der Waals surface area contributed by atoms with E-state index >= 15 is 0 Å². The van der Waals surface area contributed by atoms with Crippen molar-refractivity contribution in [3.63, 3.8) is 0 Å². The molecule has 0 aromatic heterocycles. The molecular formula is C18H26N2O4. The zero-order chi connectivity index (χ0) is 17.4. The summed E-state index contributed by atoms with van der Waals surface area (Å²) in [6.07, 6.45) is 0.0162. The Bertz CT molecular complexity index is 527. The number of hydrogen-bond donors (Lipinski definition) is 1. The number of nitrogens with one attached hydrogen (secondary N) is 1. The van der Waals surface area contributed by atoms with Crippen molar-refractivity contribution in [3.05, 3.63) is 35.9 Å². The summed E-state index contributed by atoms with van der Waals surface area (Å²) >= 11 is 0. The van der Waals surface area contributed by atoms with Gasteiger partial charge in [0.05, 0.1) is 13.2 Å². The second kappa shape index (κ2) is 9.27. The first-order valence-electron chi connectivity index (χ1n) is 8.40. The molecule has 0 unspecified atom stereocenters. The molecule has 1 heterocycles. The van der Waals surface area contributed by atoms with Crippen LogP contribution in [0.25, 0.3) is 0 Å². The standard InChI is InChI=1S/C18H26N2O4/c1-14(2)12-16(17(21)20-8-10-23-11-9-20)19-18(22)24-13-15-6-4-3-5-7-15/h3-7,14,16H,8-13H2,1-2H3,(H,19,22)/t16-/m0/s1. The van der Waals surface area contributed by atoms with Gasteiger partial charge in [0.1, 0.15) is 12.6 Å². The predicted octanol–water partition coefficient (Wildman–Crippen LogP) is 2.19. The lowest BCUT2D eigenvalue weighted by atomic mass is 10.0. The molecule has 132 valence electrons. The number of ether oxygens (including phenoxy) is 2. The minimum atomic E-state index is -0.564. The second-order valence-corrected chi connectivity index (χ2v) is 6.33. The third-order valence-corrected chi connectivity index (χ3v) is 3.83. The molecule has 2 rings (SSSR count). The molecule has 1 N–H and O–H groups in total. The lowest BCUT2D eigenvalue weighted by Gasteiger charge is -2.31. The van der Waals surface area contributed by atoms with E-state index in [4.69, 9.17) is 9.47 Å². The predicted molar refractivity (Wildman–Crippen MR) is 90.4 cm³/mol. The molecule has 24 heavy (non-hydrogen) atoms. The molecule has 0 aliphatic carbocycles. The van der Waals surface area contributed by atoms with Gasteiger partial charge in [0, 0.05) is 13.1 Å². The summed E-state index contributed by atoms with van der Waals surface area (Å²) in [6.45, 7) is 6.44. The van der Waals surface area contributed by atoms with Crippen LogP contribution in [0.4, 0.5) is 4.79 Å². The van der Waals surface area contributed by atoms with E-state index in [1.54, 1.807) is 4.90 Å². The Morgan fingerprint density at radius 1 is 1.21 bits per heavy atom. The third-order valence-electron chi connectivity index (χ3n) is 3.83. The highest BCUT2D eigenvalue weighted by Crippen LogP contribution is 2.10. The smallest absolute Gasteiger partial charge is 0.408 e. The summed E-state index contributed by atoms with van der Waals surface area (Å²) in [5.41, 5.74) is 0.910. The summed E-state index contributed by atoms with van der Waals surface area (Å²) in [7, 11) is 0. The molecule has 0 radical (unpaired) electrons. The number of amides is 2. The van der Waals surface area contributed by atoms with E-state index in [2.05, 4.69) is 5.32 Å². The van der Waals surface area contributed by atoms with Gasteiger partial charge in [-0.2, -0.15) is 0 Å². The number of alkyl carbamates (subject to hydrolysis) is 1. The van der Waals surface area contributed by atoms with Gasteiger partial charge in [0.2, 0.25) is 5.91 Å². The average molecular weight is 334 g/mol. The van der Waals surface area contributed by atoms with Crippen LogP contribution in [-0.4, -0.2) is 49.2 Å². The van der Waals surface area contributed by atoms with Gasteiger partial charge in [0.15, 0.2) is 0 Å². The van der Waals surface area contributed by atoms with Crippen LogP contribution in [0.1, 0.15) is 25.8 Å².